The minimum absolute atomic E-state index is 0.0458. The molecule has 32 heavy (non-hydrogen) atoms. The lowest BCUT2D eigenvalue weighted by Crippen LogP contribution is -2.50. The zero-order chi connectivity index (χ0) is 22.3. The van der Waals surface area contributed by atoms with Crippen molar-refractivity contribution < 1.29 is 9.59 Å². The maximum absolute atomic E-state index is 13.8. The van der Waals surface area contributed by atoms with Gasteiger partial charge in [-0.2, -0.15) is 0 Å². The topological polar surface area (TPSA) is 67.2 Å². The Morgan fingerprint density at radius 2 is 1.62 bits per heavy atom. The van der Waals surface area contributed by atoms with E-state index in [9.17, 15) is 9.59 Å². The van der Waals surface area contributed by atoms with Gasteiger partial charge in [0.25, 0.3) is 0 Å². The van der Waals surface area contributed by atoms with Crippen molar-refractivity contribution in [2.24, 2.45) is 0 Å². The van der Waals surface area contributed by atoms with Crippen LogP contribution in [-0.2, 0) is 22.6 Å². The highest BCUT2D eigenvalue weighted by Gasteiger charge is 2.32. The number of amides is 2. The predicted octanol–water partition coefficient (Wildman–Crippen LogP) is 4.60. The van der Waals surface area contributed by atoms with Crippen molar-refractivity contribution >= 4 is 22.8 Å². The Hall–Kier alpha value is -2.37. The van der Waals surface area contributed by atoms with Gasteiger partial charge in [-0.15, -0.1) is 0 Å². The molecule has 1 aromatic carbocycles. The molecule has 0 radical (unpaired) electrons. The van der Waals surface area contributed by atoms with E-state index in [-0.39, 0.29) is 11.8 Å². The van der Waals surface area contributed by atoms with Gasteiger partial charge in [0.15, 0.2) is 0 Å². The second kappa shape index (κ2) is 11.0. The minimum atomic E-state index is 0.0458. The summed E-state index contributed by atoms with van der Waals surface area (Å²) in [6.07, 6.45) is 13.2. The number of carbonyl (C=O) groups excluding carboxylic acids is 2. The maximum Gasteiger partial charge on any atom is 0.243 e. The summed E-state index contributed by atoms with van der Waals surface area (Å²) in [5.41, 5.74) is 1.92. The lowest BCUT2D eigenvalue weighted by molar-refractivity contribution is -0.138. The van der Waals surface area contributed by atoms with E-state index in [2.05, 4.69) is 20.9 Å². The zero-order valence-corrected chi connectivity index (χ0v) is 19.5. The molecule has 6 heteroatoms. The van der Waals surface area contributed by atoms with E-state index in [4.69, 9.17) is 4.98 Å². The Balaban J connectivity index is 1.57. The molecule has 2 amide bonds. The van der Waals surface area contributed by atoms with Crippen LogP contribution in [0.3, 0.4) is 0 Å². The van der Waals surface area contributed by atoms with Gasteiger partial charge in [-0.1, -0.05) is 57.6 Å². The number of imidazole rings is 1. The number of hydrogen-bond acceptors (Lipinski definition) is 3. The molecule has 2 fully saturated rings. The third-order valence-electron chi connectivity index (χ3n) is 7.24. The number of hydrogen-bond donors (Lipinski definition) is 1. The lowest BCUT2D eigenvalue weighted by Gasteiger charge is -2.42. The molecule has 0 unspecified atom stereocenters. The molecular formula is C26H38N4O2. The van der Waals surface area contributed by atoms with Crippen molar-refractivity contribution in [2.45, 2.75) is 103 Å². The summed E-state index contributed by atoms with van der Waals surface area (Å²) >= 11 is 0. The fourth-order valence-corrected chi connectivity index (χ4v) is 5.57. The van der Waals surface area contributed by atoms with Crippen LogP contribution in [0, 0.1) is 0 Å². The van der Waals surface area contributed by atoms with E-state index in [1.165, 1.54) is 38.5 Å². The molecule has 1 N–H and O–H groups in total. The van der Waals surface area contributed by atoms with Crippen molar-refractivity contribution in [3.05, 3.63) is 30.1 Å². The van der Waals surface area contributed by atoms with Crippen LogP contribution in [0.4, 0.5) is 0 Å². The van der Waals surface area contributed by atoms with Gasteiger partial charge < -0.3 is 14.8 Å². The van der Waals surface area contributed by atoms with Crippen LogP contribution in [-0.4, -0.2) is 44.9 Å². The highest BCUT2D eigenvalue weighted by Crippen LogP contribution is 2.31. The second-order valence-corrected chi connectivity index (χ2v) is 9.44. The molecule has 174 valence electrons. The maximum atomic E-state index is 13.8. The summed E-state index contributed by atoms with van der Waals surface area (Å²) < 4.78 is 2.09. The van der Waals surface area contributed by atoms with Crippen LogP contribution in [0.15, 0.2) is 24.3 Å². The number of para-hydroxylation sites is 2. The van der Waals surface area contributed by atoms with Crippen LogP contribution in [0.2, 0.25) is 0 Å². The van der Waals surface area contributed by atoms with E-state index >= 15 is 0 Å². The highest BCUT2D eigenvalue weighted by molar-refractivity contribution is 5.81. The number of nitrogens with one attached hydrogen (secondary N) is 1. The van der Waals surface area contributed by atoms with Gasteiger partial charge in [0.05, 0.1) is 11.0 Å². The lowest BCUT2D eigenvalue weighted by atomic mass is 9.88. The third-order valence-corrected chi connectivity index (χ3v) is 7.24. The van der Waals surface area contributed by atoms with Gasteiger partial charge in [-0.25, -0.2) is 4.98 Å². The van der Waals surface area contributed by atoms with Crippen molar-refractivity contribution in [2.75, 3.05) is 6.54 Å². The Bertz CT molecular complexity index is 892. The van der Waals surface area contributed by atoms with Crippen molar-refractivity contribution in [1.29, 1.82) is 0 Å². The average Bonchev–Trinajstić information content (AvgIpc) is 3.17. The molecule has 1 heterocycles. The molecule has 2 aliphatic rings. The number of rotatable bonds is 8. The molecule has 0 aliphatic heterocycles. The monoisotopic (exact) mass is 438 g/mol. The summed E-state index contributed by atoms with van der Waals surface area (Å²) in [4.78, 5) is 32.6. The molecule has 2 aliphatic carbocycles. The minimum Gasteiger partial charge on any atom is -0.356 e. The molecule has 1 aromatic heterocycles. The van der Waals surface area contributed by atoms with Crippen LogP contribution in [0.5, 0.6) is 0 Å². The quantitative estimate of drug-likeness (QED) is 0.655. The van der Waals surface area contributed by atoms with Crippen molar-refractivity contribution in [1.82, 2.24) is 19.8 Å². The SMILES string of the molecule is CCC(=O)NCCc1nc2ccccc2n1CC(=O)N(C1CCCCC1)C1CCCCC1. The normalized spacial score (nSPS) is 18.0. The molecule has 2 aromatic rings. The second-order valence-electron chi connectivity index (χ2n) is 9.44. The van der Waals surface area contributed by atoms with Crippen molar-refractivity contribution in [3.63, 3.8) is 0 Å². The molecule has 0 saturated heterocycles. The fourth-order valence-electron chi connectivity index (χ4n) is 5.57. The largest absolute Gasteiger partial charge is 0.356 e. The first-order valence-electron chi connectivity index (χ1n) is 12.7. The van der Waals surface area contributed by atoms with E-state index in [0.717, 1.165) is 42.5 Å². The Morgan fingerprint density at radius 1 is 1.00 bits per heavy atom. The van der Waals surface area contributed by atoms with E-state index in [1.54, 1.807) is 0 Å². The van der Waals surface area contributed by atoms with Crippen LogP contribution in [0.25, 0.3) is 11.0 Å². The summed E-state index contributed by atoms with van der Waals surface area (Å²) in [6.45, 7) is 2.73. The molecule has 6 nitrogen and oxygen atoms in total. The van der Waals surface area contributed by atoms with Crippen molar-refractivity contribution in [3.8, 4) is 0 Å². The molecule has 0 atom stereocenters. The molecule has 4 rings (SSSR count). The Kier molecular flexibility index (Phi) is 7.82. The molecule has 0 bridgehead atoms. The first kappa shape index (κ1) is 22.8. The smallest absolute Gasteiger partial charge is 0.243 e. The first-order chi connectivity index (χ1) is 15.7. The molecular weight excluding hydrogens is 400 g/mol. The number of aromatic nitrogens is 2. The number of benzene rings is 1. The molecule has 2 saturated carbocycles. The number of fused-ring (bicyclic) bond motifs is 1. The third kappa shape index (κ3) is 5.33. The highest BCUT2D eigenvalue weighted by atomic mass is 16.2. The average molecular weight is 439 g/mol. The standard InChI is InChI=1S/C26H38N4O2/c1-2-25(31)27-18-17-24-28-22-15-9-10-16-23(22)29(24)19-26(32)30(20-11-5-3-6-12-20)21-13-7-4-8-14-21/h9-10,15-16,20-21H,2-8,11-14,17-19H2,1H3,(H,27,31). The summed E-state index contributed by atoms with van der Waals surface area (Å²) in [5.74, 6) is 1.17. The molecule has 0 spiro atoms. The number of carbonyl (C=O) groups is 2. The van der Waals surface area contributed by atoms with Gasteiger partial charge in [-0.3, -0.25) is 9.59 Å². The van der Waals surface area contributed by atoms with Crippen LogP contribution >= 0.6 is 0 Å². The summed E-state index contributed by atoms with van der Waals surface area (Å²) in [6, 6.07) is 8.83. The Labute approximate surface area is 191 Å². The van der Waals surface area contributed by atoms with E-state index in [1.807, 2.05) is 25.1 Å². The van der Waals surface area contributed by atoms with Gasteiger partial charge in [0.1, 0.15) is 12.4 Å². The fraction of sp³-hybridized carbons (Fsp3) is 0.654. The van der Waals surface area contributed by atoms with Crippen LogP contribution < -0.4 is 5.32 Å². The first-order valence-corrected chi connectivity index (χ1v) is 12.7. The van der Waals surface area contributed by atoms with Gasteiger partial charge in [0, 0.05) is 31.5 Å². The predicted molar refractivity (Wildman–Crippen MR) is 127 cm³/mol. The van der Waals surface area contributed by atoms with Gasteiger partial charge >= 0.3 is 0 Å². The van der Waals surface area contributed by atoms with Gasteiger partial charge in [-0.05, 0) is 37.8 Å². The van der Waals surface area contributed by atoms with Crippen LogP contribution in [0.1, 0.15) is 83.4 Å². The number of nitrogens with zero attached hydrogens (tertiary/aromatic N) is 3. The summed E-state index contributed by atoms with van der Waals surface area (Å²) in [7, 11) is 0. The van der Waals surface area contributed by atoms with E-state index in [0.29, 0.717) is 38.0 Å². The zero-order valence-electron chi connectivity index (χ0n) is 19.5. The summed E-state index contributed by atoms with van der Waals surface area (Å²) in [5, 5.41) is 2.94. The van der Waals surface area contributed by atoms with Gasteiger partial charge in [0.2, 0.25) is 11.8 Å². The van der Waals surface area contributed by atoms with E-state index < -0.39 is 0 Å². The Morgan fingerprint density at radius 3 is 2.25 bits per heavy atom.